The molecule has 116 valence electrons. The molecule has 5 heteroatoms. The predicted molar refractivity (Wildman–Crippen MR) is 82.4 cm³/mol. The van der Waals surface area contributed by atoms with Crippen molar-refractivity contribution < 1.29 is 13.9 Å². The van der Waals surface area contributed by atoms with E-state index in [0.717, 1.165) is 5.56 Å². The summed E-state index contributed by atoms with van der Waals surface area (Å²) < 4.78 is 19.2. The normalized spacial score (nSPS) is 10.5. The predicted octanol–water partition coefficient (Wildman–Crippen LogP) is 2.98. The number of nitrogens with one attached hydrogen (secondary N) is 1. The Kier molecular flexibility index (Phi) is 5.47. The van der Waals surface area contributed by atoms with Gasteiger partial charge in [0.1, 0.15) is 0 Å². The molecular formula is C17H19FN2O2. The number of aromatic nitrogens is 1. The van der Waals surface area contributed by atoms with Gasteiger partial charge in [0.2, 0.25) is 0 Å². The minimum atomic E-state index is -0.383. The number of ether oxygens (including phenoxy) is 1. The molecule has 0 fully saturated rings. The second-order valence-corrected chi connectivity index (χ2v) is 5.17. The lowest BCUT2D eigenvalue weighted by Gasteiger charge is -2.11. The fraction of sp³-hybridized carbons (Fsp3) is 0.294. The lowest BCUT2D eigenvalue weighted by Crippen LogP contribution is -2.25. The molecule has 0 aliphatic heterocycles. The second-order valence-electron chi connectivity index (χ2n) is 5.17. The molecule has 2 aromatic rings. The Morgan fingerprint density at radius 3 is 2.64 bits per heavy atom. The number of pyridine rings is 1. The molecule has 0 spiro atoms. The van der Waals surface area contributed by atoms with Crippen LogP contribution >= 0.6 is 0 Å². The highest BCUT2D eigenvalue weighted by atomic mass is 19.1. The summed E-state index contributed by atoms with van der Waals surface area (Å²) in [4.78, 5) is 15.7. The number of hydrogen-bond donors (Lipinski definition) is 1. The van der Waals surface area contributed by atoms with Crippen LogP contribution < -0.4 is 10.1 Å². The third-order valence-electron chi connectivity index (χ3n) is 3.00. The maximum atomic E-state index is 13.8. The first-order chi connectivity index (χ1) is 10.6. The minimum absolute atomic E-state index is 0.0694. The summed E-state index contributed by atoms with van der Waals surface area (Å²) in [7, 11) is 0. The second kappa shape index (κ2) is 7.54. The van der Waals surface area contributed by atoms with Gasteiger partial charge in [-0.2, -0.15) is 0 Å². The van der Waals surface area contributed by atoms with Gasteiger partial charge in [0.05, 0.1) is 6.10 Å². The van der Waals surface area contributed by atoms with Gasteiger partial charge in [-0.1, -0.05) is 6.07 Å². The zero-order chi connectivity index (χ0) is 15.9. The Labute approximate surface area is 129 Å². The van der Waals surface area contributed by atoms with Crippen LogP contribution in [0.5, 0.6) is 5.75 Å². The van der Waals surface area contributed by atoms with Crippen LogP contribution in [0.2, 0.25) is 0 Å². The number of hydrogen-bond acceptors (Lipinski definition) is 3. The standard InChI is InChI=1S/C17H19FN2O2/c1-12(2)22-16-4-3-13(11-15(16)18)5-10-20-17(21)14-6-8-19-9-7-14/h3-4,6-9,11-12H,5,10H2,1-2H3,(H,20,21). The van der Waals surface area contributed by atoms with Crippen LogP contribution in [0.25, 0.3) is 0 Å². The first-order valence-electron chi connectivity index (χ1n) is 7.19. The van der Waals surface area contributed by atoms with Crippen LogP contribution in [0, 0.1) is 5.82 Å². The molecule has 0 saturated heterocycles. The molecule has 0 saturated carbocycles. The third-order valence-corrected chi connectivity index (χ3v) is 3.00. The van der Waals surface area contributed by atoms with Gasteiger partial charge in [-0.05, 0) is 50.1 Å². The Bertz CT molecular complexity index is 630. The Balaban J connectivity index is 1.87. The van der Waals surface area contributed by atoms with E-state index < -0.39 is 0 Å². The molecule has 0 unspecified atom stereocenters. The molecule has 0 aliphatic carbocycles. The number of nitrogens with zero attached hydrogens (tertiary/aromatic N) is 1. The van der Waals surface area contributed by atoms with Crippen LogP contribution in [-0.2, 0) is 6.42 Å². The molecule has 2 rings (SSSR count). The van der Waals surface area contributed by atoms with E-state index >= 15 is 0 Å². The summed E-state index contributed by atoms with van der Waals surface area (Å²) in [5.74, 6) is -0.297. The van der Waals surface area contributed by atoms with Crippen molar-refractivity contribution in [2.75, 3.05) is 6.54 Å². The molecule has 1 aromatic carbocycles. The zero-order valence-electron chi connectivity index (χ0n) is 12.7. The molecule has 1 amide bonds. The highest BCUT2D eigenvalue weighted by Gasteiger charge is 2.08. The van der Waals surface area contributed by atoms with Crippen molar-refractivity contribution in [3.63, 3.8) is 0 Å². The van der Waals surface area contributed by atoms with Crippen LogP contribution in [0.1, 0.15) is 29.8 Å². The number of halogens is 1. The van der Waals surface area contributed by atoms with E-state index in [1.807, 2.05) is 13.8 Å². The van der Waals surface area contributed by atoms with E-state index in [-0.39, 0.29) is 23.6 Å². The SMILES string of the molecule is CC(C)Oc1ccc(CCNC(=O)c2ccncc2)cc1F. The molecule has 0 radical (unpaired) electrons. The van der Waals surface area contributed by atoms with E-state index in [9.17, 15) is 9.18 Å². The van der Waals surface area contributed by atoms with Crippen molar-refractivity contribution in [2.24, 2.45) is 0 Å². The van der Waals surface area contributed by atoms with Crippen molar-refractivity contribution in [3.8, 4) is 5.75 Å². The van der Waals surface area contributed by atoms with Gasteiger partial charge < -0.3 is 10.1 Å². The van der Waals surface area contributed by atoms with Crippen LogP contribution in [0.15, 0.2) is 42.7 Å². The van der Waals surface area contributed by atoms with E-state index in [1.54, 1.807) is 36.7 Å². The maximum Gasteiger partial charge on any atom is 0.251 e. The van der Waals surface area contributed by atoms with E-state index in [1.165, 1.54) is 6.07 Å². The lowest BCUT2D eigenvalue weighted by molar-refractivity contribution is 0.0954. The minimum Gasteiger partial charge on any atom is -0.488 e. The number of carbonyl (C=O) groups is 1. The summed E-state index contributed by atoms with van der Waals surface area (Å²) in [6.45, 7) is 4.13. The molecule has 22 heavy (non-hydrogen) atoms. The quantitative estimate of drug-likeness (QED) is 0.892. The van der Waals surface area contributed by atoms with Gasteiger partial charge in [0, 0.05) is 24.5 Å². The Hall–Kier alpha value is -2.43. The molecule has 4 nitrogen and oxygen atoms in total. The topological polar surface area (TPSA) is 51.2 Å². The number of amides is 1. The fourth-order valence-corrected chi connectivity index (χ4v) is 1.98. The first-order valence-corrected chi connectivity index (χ1v) is 7.19. The summed E-state index contributed by atoms with van der Waals surface area (Å²) in [5, 5.41) is 2.79. The van der Waals surface area contributed by atoms with Crippen molar-refractivity contribution in [1.29, 1.82) is 0 Å². The number of carbonyl (C=O) groups excluding carboxylic acids is 1. The molecule has 1 heterocycles. The zero-order valence-corrected chi connectivity index (χ0v) is 12.7. The van der Waals surface area contributed by atoms with E-state index in [0.29, 0.717) is 18.5 Å². The third kappa shape index (κ3) is 4.55. The van der Waals surface area contributed by atoms with Crippen molar-refractivity contribution in [3.05, 3.63) is 59.7 Å². The highest BCUT2D eigenvalue weighted by Crippen LogP contribution is 2.19. The van der Waals surface area contributed by atoms with Crippen LogP contribution in [-0.4, -0.2) is 23.5 Å². The summed E-state index contributed by atoms with van der Waals surface area (Å²) >= 11 is 0. The fourth-order valence-electron chi connectivity index (χ4n) is 1.98. The summed E-state index contributed by atoms with van der Waals surface area (Å²) in [5.41, 5.74) is 1.37. The van der Waals surface area contributed by atoms with E-state index in [4.69, 9.17) is 4.74 Å². The molecule has 1 N–H and O–H groups in total. The highest BCUT2D eigenvalue weighted by molar-refractivity contribution is 5.93. The number of benzene rings is 1. The maximum absolute atomic E-state index is 13.8. The monoisotopic (exact) mass is 302 g/mol. The van der Waals surface area contributed by atoms with Gasteiger partial charge in [0.15, 0.2) is 11.6 Å². The van der Waals surface area contributed by atoms with Crippen molar-refractivity contribution in [1.82, 2.24) is 10.3 Å². The largest absolute Gasteiger partial charge is 0.488 e. The van der Waals surface area contributed by atoms with Crippen LogP contribution in [0.3, 0.4) is 0 Å². The molecule has 1 aromatic heterocycles. The van der Waals surface area contributed by atoms with Gasteiger partial charge in [-0.15, -0.1) is 0 Å². The van der Waals surface area contributed by atoms with Gasteiger partial charge in [0.25, 0.3) is 5.91 Å². The molecule has 0 aliphatic rings. The summed E-state index contributed by atoms with van der Waals surface area (Å²) in [6, 6.07) is 8.16. The van der Waals surface area contributed by atoms with Gasteiger partial charge in [-0.25, -0.2) is 4.39 Å². The number of rotatable bonds is 6. The average Bonchev–Trinajstić information content (AvgIpc) is 2.50. The first kappa shape index (κ1) is 15.9. The van der Waals surface area contributed by atoms with Gasteiger partial charge in [-0.3, -0.25) is 9.78 Å². The van der Waals surface area contributed by atoms with E-state index in [2.05, 4.69) is 10.3 Å². The molecular weight excluding hydrogens is 283 g/mol. The van der Waals surface area contributed by atoms with Crippen molar-refractivity contribution in [2.45, 2.75) is 26.4 Å². The molecule has 0 atom stereocenters. The Morgan fingerprint density at radius 2 is 2.00 bits per heavy atom. The van der Waals surface area contributed by atoms with Crippen LogP contribution in [0.4, 0.5) is 4.39 Å². The smallest absolute Gasteiger partial charge is 0.251 e. The van der Waals surface area contributed by atoms with Gasteiger partial charge >= 0.3 is 0 Å². The average molecular weight is 302 g/mol. The Morgan fingerprint density at radius 1 is 1.27 bits per heavy atom. The molecule has 0 bridgehead atoms. The van der Waals surface area contributed by atoms with Crippen molar-refractivity contribution >= 4 is 5.91 Å². The lowest BCUT2D eigenvalue weighted by atomic mass is 10.1. The summed E-state index contributed by atoms with van der Waals surface area (Å²) in [6.07, 6.45) is 3.62.